The van der Waals surface area contributed by atoms with Crippen LogP contribution in [0.15, 0.2) is 48.5 Å². The minimum atomic E-state index is -0.190. The molecule has 0 radical (unpaired) electrons. The molecule has 0 spiro atoms. The number of fused-ring (bicyclic) bond motifs is 1. The molecule has 7 heteroatoms. The van der Waals surface area contributed by atoms with Crippen molar-refractivity contribution in [2.24, 2.45) is 0 Å². The molecule has 6 nitrogen and oxygen atoms in total. The number of rotatable bonds is 6. The molecule has 0 bridgehead atoms. The highest BCUT2D eigenvalue weighted by atomic mass is 32.1. The molecule has 0 saturated carbocycles. The molecule has 1 atom stereocenters. The molecule has 29 heavy (non-hydrogen) atoms. The molecule has 1 fully saturated rings. The van der Waals surface area contributed by atoms with Crippen molar-refractivity contribution in [1.82, 2.24) is 14.8 Å². The number of benzene rings is 2. The standard InChI is InChI=1S/C22H26N4O2S/c1-16(22(27)24-17-7-3-5-9-19(17)28-2)26-13-11-25(12-14-26)15-21-23-18-8-4-6-10-20(18)29-21/h3-10,16H,11-15H2,1-2H3,(H,24,27)/t16-/m1/s1. The van der Waals surface area contributed by atoms with Crippen molar-refractivity contribution < 1.29 is 9.53 Å². The van der Waals surface area contributed by atoms with Gasteiger partial charge in [0.1, 0.15) is 10.8 Å². The Bertz CT molecular complexity index is 949. The predicted octanol–water partition coefficient (Wildman–Crippen LogP) is 3.45. The summed E-state index contributed by atoms with van der Waals surface area (Å²) in [5, 5.41) is 4.15. The molecule has 1 aliphatic heterocycles. The van der Waals surface area contributed by atoms with Crippen molar-refractivity contribution >= 4 is 33.1 Å². The van der Waals surface area contributed by atoms with Crippen LogP contribution in [0, 0.1) is 0 Å². The fraction of sp³-hybridized carbons (Fsp3) is 0.364. The topological polar surface area (TPSA) is 57.7 Å². The third-order valence-corrected chi connectivity index (χ3v) is 6.42. The monoisotopic (exact) mass is 410 g/mol. The quantitative estimate of drug-likeness (QED) is 0.675. The summed E-state index contributed by atoms with van der Waals surface area (Å²) in [5.41, 5.74) is 1.79. The maximum Gasteiger partial charge on any atom is 0.241 e. The number of thiazole rings is 1. The number of amides is 1. The van der Waals surface area contributed by atoms with Crippen molar-refractivity contribution in [1.29, 1.82) is 0 Å². The lowest BCUT2D eigenvalue weighted by molar-refractivity contribution is -0.121. The summed E-state index contributed by atoms with van der Waals surface area (Å²) in [6.07, 6.45) is 0. The maximum absolute atomic E-state index is 12.7. The van der Waals surface area contributed by atoms with Crippen molar-refractivity contribution in [2.75, 3.05) is 38.6 Å². The van der Waals surface area contributed by atoms with E-state index in [-0.39, 0.29) is 11.9 Å². The summed E-state index contributed by atoms with van der Waals surface area (Å²) >= 11 is 1.77. The summed E-state index contributed by atoms with van der Waals surface area (Å²) in [6, 6.07) is 15.6. The van der Waals surface area contributed by atoms with E-state index < -0.39 is 0 Å². The molecule has 0 aliphatic carbocycles. The van der Waals surface area contributed by atoms with Crippen LogP contribution in [0.2, 0.25) is 0 Å². The molecule has 1 aromatic heterocycles. The second-order valence-corrected chi connectivity index (χ2v) is 8.37. The first kappa shape index (κ1) is 19.8. The highest BCUT2D eigenvalue weighted by Gasteiger charge is 2.26. The van der Waals surface area contributed by atoms with Crippen molar-refractivity contribution in [2.45, 2.75) is 19.5 Å². The Labute approximate surface area is 175 Å². The Kier molecular flexibility index (Phi) is 6.08. The van der Waals surface area contributed by atoms with E-state index in [0.717, 1.165) is 43.2 Å². The van der Waals surface area contributed by atoms with Crippen LogP contribution >= 0.6 is 11.3 Å². The summed E-state index contributed by atoms with van der Waals surface area (Å²) in [4.78, 5) is 22.1. The Morgan fingerprint density at radius 2 is 1.86 bits per heavy atom. The largest absolute Gasteiger partial charge is 0.495 e. The van der Waals surface area contributed by atoms with Gasteiger partial charge in [-0.05, 0) is 31.2 Å². The lowest BCUT2D eigenvalue weighted by Crippen LogP contribution is -2.52. The van der Waals surface area contributed by atoms with Gasteiger partial charge in [0.2, 0.25) is 5.91 Å². The first-order valence-electron chi connectivity index (χ1n) is 9.89. The molecule has 1 saturated heterocycles. The van der Waals surface area contributed by atoms with Gasteiger partial charge < -0.3 is 10.1 Å². The van der Waals surface area contributed by atoms with Crippen LogP contribution < -0.4 is 10.1 Å². The lowest BCUT2D eigenvalue weighted by Gasteiger charge is -2.37. The molecule has 1 aliphatic rings. The average molecular weight is 411 g/mol. The number of aromatic nitrogens is 1. The number of ether oxygens (including phenoxy) is 1. The van der Waals surface area contributed by atoms with E-state index in [4.69, 9.17) is 9.72 Å². The maximum atomic E-state index is 12.7. The minimum Gasteiger partial charge on any atom is -0.495 e. The van der Waals surface area contributed by atoms with Crippen LogP contribution in [-0.4, -0.2) is 60.0 Å². The SMILES string of the molecule is COc1ccccc1NC(=O)[C@@H](C)N1CCN(Cc2nc3ccccc3s2)CC1. The van der Waals surface area contributed by atoms with E-state index >= 15 is 0 Å². The van der Waals surface area contributed by atoms with Crippen LogP contribution in [-0.2, 0) is 11.3 Å². The number of piperazine rings is 1. The molecule has 1 N–H and O–H groups in total. The van der Waals surface area contributed by atoms with Gasteiger partial charge in [0.05, 0.1) is 35.6 Å². The van der Waals surface area contributed by atoms with E-state index in [1.54, 1.807) is 18.4 Å². The number of carbonyl (C=O) groups excluding carboxylic acids is 1. The molecule has 2 heterocycles. The number of nitrogens with one attached hydrogen (secondary N) is 1. The molecule has 1 amide bonds. The van der Waals surface area contributed by atoms with E-state index in [1.807, 2.05) is 37.3 Å². The summed E-state index contributed by atoms with van der Waals surface area (Å²) in [7, 11) is 1.61. The molecule has 0 unspecified atom stereocenters. The Morgan fingerprint density at radius 3 is 2.62 bits per heavy atom. The first-order valence-corrected chi connectivity index (χ1v) is 10.7. The van der Waals surface area contributed by atoms with Gasteiger partial charge in [0.15, 0.2) is 0 Å². The highest BCUT2D eigenvalue weighted by molar-refractivity contribution is 7.18. The van der Waals surface area contributed by atoms with Gasteiger partial charge in [-0.2, -0.15) is 0 Å². The zero-order chi connectivity index (χ0) is 20.2. The van der Waals surface area contributed by atoms with Crippen LogP contribution in [0.1, 0.15) is 11.9 Å². The van der Waals surface area contributed by atoms with Crippen LogP contribution in [0.3, 0.4) is 0 Å². The third-order valence-electron chi connectivity index (χ3n) is 5.40. The Balaban J connectivity index is 1.31. The summed E-state index contributed by atoms with van der Waals surface area (Å²) in [6.45, 7) is 6.43. The van der Waals surface area contributed by atoms with Gasteiger partial charge in [-0.25, -0.2) is 4.98 Å². The molecule has 2 aromatic carbocycles. The second kappa shape index (κ2) is 8.90. The molecule has 3 aromatic rings. The van der Waals surface area contributed by atoms with Crippen molar-refractivity contribution in [3.8, 4) is 5.75 Å². The van der Waals surface area contributed by atoms with Gasteiger partial charge >= 0.3 is 0 Å². The zero-order valence-electron chi connectivity index (χ0n) is 16.8. The molecular weight excluding hydrogens is 384 g/mol. The average Bonchev–Trinajstić information content (AvgIpc) is 3.16. The first-order chi connectivity index (χ1) is 14.1. The number of anilines is 1. The molecular formula is C22H26N4O2S. The molecule has 4 rings (SSSR count). The van der Waals surface area contributed by atoms with Gasteiger partial charge in [-0.3, -0.25) is 14.6 Å². The number of hydrogen-bond acceptors (Lipinski definition) is 6. The normalized spacial score (nSPS) is 16.6. The summed E-state index contributed by atoms with van der Waals surface area (Å²) < 4.78 is 6.56. The van der Waals surface area contributed by atoms with E-state index in [1.165, 1.54) is 4.70 Å². The second-order valence-electron chi connectivity index (χ2n) is 7.25. The number of nitrogens with zero attached hydrogens (tertiary/aromatic N) is 3. The van der Waals surface area contributed by atoms with Crippen LogP contribution in [0.25, 0.3) is 10.2 Å². The Morgan fingerprint density at radius 1 is 1.14 bits per heavy atom. The van der Waals surface area contributed by atoms with Crippen molar-refractivity contribution in [3.05, 3.63) is 53.5 Å². The number of para-hydroxylation sites is 3. The minimum absolute atomic E-state index is 0.00544. The lowest BCUT2D eigenvalue weighted by atomic mass is 10.2. The fourth-order valence-electron chi connectivity index (χ4n) is 3.64. The van der Waals surface area contributed by atoms with E-state index in [2.05, 4.69) is 33.3 Å². The number of carbonyl (C=O) groups is 1. The summed E-state index contributed by atoms with van der Waals surface area (Å²) in [5.74, 6) is 0.669. The highest BCUT2D eigenvalue weighted by Crippen LogP contribution is 2.25. The van der Waals surface area contributed by atoms with Crippen LogP contribution in [0.4, 0.5) is 5.69 Å². The van der Waals surface area contributed by atoms with Crippen LogP contribution in [0.5, 0.6) is 5.75 Å². The van der Waals surface area contributed by atoms with Gasteiger partial charge in [-0.1, -0.05) is 24.3 Å². The van der Waals surface area contributed by atoms with E-state index in [9.17, 15) is 4.79 Å². The molecule has 152 valence electrons. The fourth-order valence-corrected chi connectivity index (χ4v) is 4.65. The number of hydrogen-bond donors (Lipinski definition) is 1. The number of methoxy groups -OCH3 is 1. The van der Waals surface area contributed by atoms with Gasteiger partial charge in [0.25, 0.3) is 0 Å². The Hall–Kier alpha value is -2.48. The van der Waals surface area contributed by atoms with E-state index in [0.29, 0.717) is 11.4 Å². The smallest absolute Gasteiger partial charge is 0.241 e. The van der Waals surface area contributed by atoms with Gasteiger partial charge in [0, 0.05) is 26.2 Å². The predicted molar refractivity (Wildman–Crippen MR) is 118 cm³/mol. The third kappa shape index (κ3) is 4.58. The zero-order valence-corrected chi connectivity index (χ0v) is 17.6. The van der Waals surface area contributed by atoms with Gasteiger partial charge in [-0.15, -0.1) is 11.3 Å². The van der Waals surface area contributed by atoms with Crippen molar-refractivity contribution in [3.63, 3.8) is 0 Å².